The minimum atomic E-state index is -4.43. The Morgan fingerprint density at radius 3 is 2.50 bits per heavy atom. The van der Waals surface area contributed by atoms with Gasteiger partial charge in [-0.25, -0.2) is 0 Å². The highest BCUT2D eigenvalue weighted by Crippen LogP contribution is 2.34. The first-order valence-electron chi connectivity index (χ1n) is 4.77. The number of ether oxygens (including phenoxy) is 1. The van der Waals surface area contributed by atoms with Gasteiger partial charge in [-0.15, -0.1) is 12.4 Å². The third-order valence-corrected chi connectivity index (χ3v) is 2.27. The number of benzene rings is 1. The largest absolute Gasteiger partial charge is 0.496 e. The van der Waals surface area contributed by atoms with E-state index >= 15 is 0 Å². The molecule has 0 heterocycles. The van der Waals surface area contributed by atoms with E-state index in [-0.39, 0.29) is 24.6 Å². The lowest BCUT2D eigenvalue weighted by Crippen LogP contribution is -2.12. The summed E-state index contributed by atoms with van der Waals surface area (Å²) in [5.41, 5.74) is 5.24. The van der Waals surface area contributed by atoms with Crippen LogP contribution in [0.3, 0.4) is 0 Å². The SMILES string of the molecule is COc1cc(C(F)(F)F)ccc1[C@H](N)CC#N.Cl. The smallest absolute Gasteiger partial charge is 0.416 e. The van der Waals surface area contributed by atoms with Crippen LogP contribution in [0.5, 0.6) is 5.75 Å². The van der Waals surface area contributed by atoms with E-state index in [4.69, 9.17) is 15.7 Å². The van der Waals surface area contributed by atoms with Crippen molar-refractivity contribution in [2.24, 2.45) is 5.73 Å². The Labute approximate surface area is 109 Å². The second kappa shape index (κ2) is 6.47. The molecule has 1 aromatic rings. The van der Waals surface area contributed by atoms with E-state index in [0.717, 1.165) is 12.1 Å². The van der Waals surface area contributed by atoms with Crippen LogP contribution in [-0.2, 0) is 6.18 Å². The lowest BCUT2D eigenvalue weighted by molar-refractivity contribution is -0.137. The molecule has 0 unspecified atom stereocenters. The van der Waals surface area contributed by atoms with E-state index < -0.39 is 17.8 Å². The summed E-state index contributed by atoms with van der Waals surface area (Å²) >= 11 is 0. The van der Waals surface area contributed by atoms with E-state index in [1.165, 1.54) is 13.2 Å². The molecule has 0 fully saturated rings. The second-order valence-electron chi connectivity index (χ2n) is 3.42. The Kier molecular flexibility index (Phi) is 5.95. The minimum absolute atomic E-state index is 0. The summed E-state index contributed by atoms with van der Waals surface area (Å²) in [4.78, 5) is 0. The molecule has 0 radical (unpaired) electrons. The van der Waals surface area contributed by atoms with Gasteiger partial charge in [0, 0.05) is 11.6 Å². The fraction of sp³-hybridized carbons (Fsp3) is 0.364. The monoisotopic (exact) mass is 280 g/mol. The molecule has 0 aliphatic rings. The number of hydrogen-bond acceptors (Lipinski definition) is 3. The molecule has 0 saturated carbocycles. The van der Waals surface area contributed by atoms with Gasteiger partial charge in [0.05, 0.1) is 25.2 Å². The fourth-order valence-electron chi connectivity index (χ4n) is 1.40. The molecule has 2 N–H and O–H groups in total. The summed E-state index contributed by atoms with van der Waals surface area (Å²) < 4.78 is 42.2. The number of nitriles is 1. The third-order valence-electron chi connectivity index (χ3n) is 2.27. The quantitative estimate of drug-likeness (QED) is 0.926. The van der Waals surface area contributed by atoms with Crippen LogP contribution in [0.1, 0.15) is 23.6 Å². The van der Waals surface area contributed by atoms with E-state index in [0.29, 0.717) is 5.56 Å². The van der Waals surface area contributed by atoms with Crippen LogP contribution in [0.4, 0.5) is 13.2 Å². The zero-order chi connectivity index (χ0) is 13.1. The molecule has 0 amide bonds. The maximum absolute atomic E-state index is 12.4. The van der Waals surface area contributed by atoms with E-state index in [1.807, 2.05) is 6.07 Å². The van der Waals surface area contributed by atoms with Gasteiger partial charge in [0.2, 0.25) is 0 Å². The van der Waals surface area contributed by atoms with Gasteiger partial charge in [-0.3, -0.25) is 0 Å². The van der Waals surface area contributed by atoms with Gasteiger partial charge in [-0.05, 0) is 12.1 Å². The topological polar surface area (TPSA) is 59.0 Å². The summed E-state index contributed by atoms with van der Waals surface area (Å²) in [5, 5.41) is 8.49. The zero-order valence-corrected chi connectivity index (χ0v) is 10.3. The van der Waals surface area contributed by atoms with Crippen molar-refractivity contribution >= 4 is 12.4 Å². The molecule has 1 atom stereocenters. The average Bonchev–Trinajstić information content (AvgIpc) is 2.27. The number of nitrogens with two attached hydrogens (primary N) is 1. The van der Waals surface area contributed by atoms with Gasteiger partial charge in [0.25, 0.3) is 0 Å². The van der Waals surface area contributed by atoms with E-state index in [9.17, 15) is 13.2 Å². The Morgan fingerprint density at radius 1 is 1.44 bits per heavy atom. The van der Waals surface area contributed by atoms with Crippen molar-refractivity contribution in [1.82, 2.24) is 0 Å². The second-order valence-corrected chi connectivity index (χ2v) is 3.42. The number of halogens is 4. The number of hydrogen-bond donors (Lipinski definition) is 1. The molecular formula is C11H12ClF3N2O. The van der Waals surface area contributed by atoms with Crippen molar-refractivity contribution in [2.75, 3.05) is 7.11 Å². The normalized spacial score (nSPS) is 12.2. The van der Waals surface area contributed by atoms with Crippen LogP contribution >= 0.6 is 12.4 Å². The third kappa shape index (κ3) is 3.79. The number of rotatable bonds is 3. The molecule has 0 saturated heterocycles. The Hall–Kier alpha value is -1.45. The van der Waals surface area contributed by atoms with Gasteiger partial charge >= 0.3 is 6.18 Å². The first kappa shape index (κ1) is 16.6. The highest BCUT2D eigenvalue weighted by molar-refractivity contribution is 5.85. The van der Waals surface area contributed by atoms with Gasteiger partial charge in [0.1, 0.15) is 5.75 Å². The predicted octanol–water partition coefficient (Wildman–Crippen LogP) is 3.05. The molecule has 18 heavy (non-hydrogen) atoms. The maximum Gasteiger partial charge on any atom is 0.416 e. The Balaban J connectivity index is 0.00000289. The van der Waals surface area contributed by atoms with Crippen molar-refractivity contribution in [3.8, 4) is 11.8 Å². The molecule has 7 heteroatoms. The predicted molar refractivity (Wildman–Crippen MR) is 62.4 cm³/mol. The lowest BCUT2D eigenvalue weighted by Gasteiger charge is -2.15. The standard InChI is InChI=1S/C11H11F3N2O.ClH/c1-17-10-6-7(11(12,13)14)2-3-8(10)9(16)4-5-15;/h2-3,6,9H,4,16H2,1H3;1H/t9-;/m1./s1. The maximum atomic E-state index is 12.4. The van der Waals surface area contributed by atoms with E-state index in [1.54, 1.807) is 0 Å². The van der Waals surface area contributed by atoms with Crippen molar-refractivity contribution < 1.29 is 17.9 Å². The molecule has 0 bridgehead atoms. The van der Waals surface area contributed by atoms with Crippen molar-refractivity contribution in [2.45, 2.75) is 18.6 Å². The van der Waals surface area contributed by atoms with Crippen molar-refractivity contribution in [3.05, 3.63) is 29.3 Å². The van der Waals surface area contributed by atoms with Crippen LogP contribution < -0.4 is 10.5 Å². The van der Waals surface area contributed by atoms with Crippen LogP contribution in [0.25, 0.3) is 0 Å². The molecule has 0 aliphatic carbocycles. The number of alkyl halides is 3. The summed E-state index contributed by atoms with van der Waals surface area (Å²) in [5.74, 6) is 0.0441. The Morgan fingerprint density at radius 2 is 2.06 bits per heavy atom. The molecule has 1 aromatic carbocycles. The molecule has 3 nitrogen and oxygen atoms in total. The van der Waals surface area contributed by atoms with Gasteiger partial charge in [0.15, 0.2) is 0 Å². The van der Waals surface area contributed by atoms with Crippen molar-refractivity contribution in [3.63, 3.8) is 0 Å². The highest BCUT2D eigenvalue weighted by Gasteiger charge is 2.31. The average molecular weight is 281 g/mol. The fourth-order valence-corrected chi connectivity index (χ4v) is 1.40. The van der Waals surface area contributed by atoms with Crippen molar-refractivity contribution in [1.29, 1.82) is 5.26 Å². The summed E-state index contributed by atoms with van der Waals surface area (Å²) in [7, 11) is 1.26. The number of methoxy groups -OCH3 is 1. The van der Waals surface area contributed by atoms with Crippen LogP contribution in [0.2, 0.25) is 0 Å². The van der Waals surface area contributed by atoms with Crippen LogP contribution in [0.15, 0.2) is 18.2 Å². The molecule has 1 rings (SSSR count). The zero-order valence-electron chi connectivity index (χ0n) is 9.49. The summed E-state index contributed by atoms with van der Waals surface area (Å²) in [6.07, 6.45) is -4.41. The van der Waals surface area contributed by atoms with Gasteiger partial charge in [-0.1, -0.05) is 6.07 Å². The Bertz CT molecular complexity index is 443. The highest BCUT2D eigenvalue weighted by atomic mass is 35.5. The number of nitrogens with zero attached hydrogens (tertiary/aromatic N) is 1. The van der Waals surface area contributed by atoms with Crippen LogP contribution in [0, 0.1) is 11.3 Å². The first-order chi connectivity index (χ1) is 7.90. The lowest BCUT2D eigenvalue weighted by atomic mass is 10.0. The summed E-state index contributed by atoms with van der Waals surface area (Å²) in [6, 6.07) is 4.25. The molecule has 0 aromatic heterocycles. The van der Waals surface area contributed by atoms with Crippen LogP contribution in [-0.4, -0.2) is 7.11 Å². The van der Waals surface area contributed by atoms with Gasteiger partial charge < -0.3 is 10.5 Å². The molecule has 0 aliphatic heterocycles. The van der Waals surface area contributed by atoms with Gasteiger partial charge in [-0.2, -0.15) is 18.4 Å². The molecule has 0 spiro atoms. The molecule has 100 valence electrons. The minimum Gasteiger partial charge on any atom is -0.496 e. The van der Waals surface area contributed by atoms with E-state index in [2.05, 4.69) is 0 Å². The molecular weight excluding hydrogens is 269 g/mol. The first-order valence-corrected chi connectivity index (χ1v) is 4.77. The summed E-state index contributed by atoms with van der Waals surface area (Å²) in [6.45, 7) is 0.